The summed E-state index contributed by atoms with van der Waals surface area (Å²) in [6.07, 6.45) is 8.91. The SMILES string of the molecule is CCCCc1cc(-c2ccc(F)cc2)cc(N2CCN(CC[C@@H]3CCCN3S(=O)(=O)c3cncc4ccccc34)CC2)n1. The van der Waals surface area contributed by atoms with Gasteiger partial charge >= 0.3 is 0 Å². The molecular formula is C34H40FN5O2S. The molecule has 2 aliphatic rings. The van der Waals surface area contributed by atoms with Crippen molar-refractivity contribution in [3.63, 3.8) is 0 Å². The van der Waals surface area contributed by atoms with Crippen LogP contribution in [0.3, 0.4) is 0 Å². The van der Waals surface area contributed by atoms with E-state index in [0.717, 1.165) is 105 Å². The van der Waals surface area contributed by atoms with Crippen LogP contribution in [0, 0.1) is 5.82 Å². The zero-order valence-corrected chi connectivity index (χ0v) is 25.6. The molecule has 4 heterocycles. The van der Waals surface area contributed by atoms with Crippen molar-refractivity contribution in [1.82, 2.24) is 19.2 Å². The second-order valence-electron chi connectivity index (χ2n) is 11.7. The van der Waals surface area contributed by atoms with Crippen LogP contribution < -0.4 is 4.90 Å². The second kappa shape index (κ2) is 13.1. The smallest absolute Gasteiger partial charge is 0.245 e. The highest BCUT2D eigenvalue weighted by Gasteiger charge is 2.36. The van der Waals surface area contributed by atoms with Crippen LogP contribution in [0.2, 0.25) is 0 Å². The minimum Gasteiger partial charge on any atom is -0.354 e. The van der Waals surface area contributed by atoms with Crippen LogP contribution in [0.1, 0.15) is 44.7 Å². The van der Waals surface area contributed by atoms with E-state index in [9.17, 15) is 12.8 Å². The standard InChI is InChI=1S/C34H40FN5O2S/c1-2-3-8-30-22-28(26-11-13-29(35)14-12-26)23-34(37-30)39-20-18-38(19-21-39)17-15-31-9-6-16-40(31)43(41,42)33-25-36-24-27-7-4-5-10-32(27)33/h4-5,7,10-14,22-25,31H,2-3,6,8-9,15-21H2,1H3/t31-/m0/s1. The number of halogens is 1. The molecule has 6 rings (SSSR count). The quantitative estimate of drug-likeness (QED) is 0.217. The van der Waals surface area contributed by atoms with E-state index >= 15 is 0 Å². The van der Waals surface area contributed by atoms with E-state index in [2.05, 4.69) is 33.8 Å². The molecule has 1 atom stereocenters. The van der Waals surface area contributed by atoms with Crippen molar-refractivity contribution < 1.29 is 12.8 Å². The first-order valence-electron chi connectivity index (χ1n) is 15.5. The van der Waals surface area contributed by atoms with Gasteiger partial charge in [-0.2, -0.15) is 4.31 Å². The largest absolute Gasteiger partial charge is 0.354 e. The molecule has 2 fully saturated rings. The summed E-state index contributed by atoms with van der Waals surface area (Å²) in [6.45, 7) is 7.14. The Balaban J connectivity index is 1.10. The minimum absolute atomic E-state index is 0.00261. The number of nitrogens with zero attached hydrogens (tertiary/aromatic N) is 5. The molecule has 0 spiro atoms. The maximum atomic E-state index is 13.8. The number of hydrogen-bond donors (Lipinski definition) is 0. The van der Waals surface area contributed by atoms with E-state index < -0.39 is 10.0 Å². The zero-order valence-electron chi connectivity index (χ0n) is 24.8. The summed E-state index contributed by atoms with van der Waals surface area (Å²) in [5, 5.41) is 1.57. The molecule has 43 heavy (non-hydrogen) atoms. The van der Waals surface area contributed by atoms with Crippen LogP contribution >= 0.6 is 0 Å². The normalized spacial score (nSPS) is 18.5. The molecule has 0 bridgehead atoms. The Bertz CT molecular complexity index is 1650. The van der Waals surface area contributed by atoms with Crippen LogP contribution in [-0.4, -0.2) is 72.9 Å². The summed E-state index contributed by atoms with van der Waals surface area (Å²) in [7, 11) is -3.64. The summed E-state index contributed by atoms with van der Waals surface area (Å²) in [5.74, 6) is 0.744. The number of aromatic nitrogens is 2. The Morgan fingerprint density at radius 3 is 2.51 bits per heavy atom. The van der Waals surface area contributed by atoms with Crippen molar-refractivity contribution in [3.05, 3.63) is 84.6 Å². The average Bonchev–Trinajstić information content (AvgIpc) is 3.53. The Morgan fingerprint density at radius 1 is 0.930 bits per heavy atom. The van der Waals surface area contributed by atoms with Crippen LogP contribution in [0.5, 0.6) is 0 Å². The van der Waals surface area contributed by atoms with E-state index in [1.165, 1.54) is 18.3 Å². The Hall–Kier alpha value is -3.40. The van der Waals surface area contributed by atoms with E-state index in [0.29, 0.717) is 11.4 Å². The summed E-state index contributed by atoms with van der Waals surface area (Å²) in [4.78, 5) is 14.3. The first kappa shape index (κ1) is 29.7. The van der Waals surface area contributed by atoms with Gasteiger partial charge in [-0.3, -0.25) is 9.88 Å². The van der Waals surface area contributed by atoms with Crippen molar-refractivity contribution in [2.75, 3.05) is 44.2 Å². The van der Waals surface area contributed by atoms with Gasteiger partial charge in [-0.25, -0.2) is 17.8 Å². The fourth-order valence-electron chi connectivity index (χ4n) is 6.40. The fraction of sp³-hybridized carbons (Fsp3) is 0.412. The topological polar surface area (TPSA) is 69.6 Å². The van der Waals surface area contributed by atoms with Gasteiger partial charge in [-0.15, -0.1) is 0 Å². The average molecular weight is 602 g/mol. The number of rotatable bonds is 10. The second-order valence-corrected chi connectivity index (χ2v) is 13.6. The first-order chi connectivity index (χ1) is 20.9. The summed E-state index contributed by atoms with van der Waals surface area (Å²) >= 11 is 0. The minimum atomic E-state index is -3.64. The molecule has 0 aliphatic carbocycles. The molecule has 0 radical (unpaired) electrons. The molecule has 2 aromatic carbocycles. The molecule has 2 saturated heterocycles. The third kappa shape index (κ3) is 6.59. The van der Waals surface area contributed by atoms with Gasteiger partial charge in [0, 0.05) is 67.6 Å². The zero-order chi connectivity index (χ0) is 29.8. The molecule has 2 aliphatic heterocycles. The number of unbranched alkanes of at least 4 members (excludes halogenated alkanes) is 1. The highest BCUT2D eigenvalue weighted by Crippen LogP contribution is 2.32. The van der Waals surface area contributed by atoms with Gasteiger partial charge in [0.1, 0.15) is 16.5 Å². The van der Waals surface area contributed by atoms with Gasteiger partial charge in [-0.05, 0) is 74.0 Å². The van der Waals surface area contributed by atoms with Crippen LogP contribution in [0.4, 0.5) is 10.2 Å². The van der Waals surface area contributed by atoms with Gasteiger partial charge in [0.25, 0.3) is 0 Å². The number of fused-ring (bicyclic) bond motifs is 1. The van der Waals surface area contributed by atoms with E-state index in [1.54, 1.807) is 10.5 Å². The number of pyridine rings is 2. The molecule has 2 aromatic heterocycles. The number of benzene rings is 2. The third-order valence-corrected chi connectivity index (χ3v) is 10.8. The maximum absolute atomic E-state index is 13.8. The van der Waals surface area contributed by atoms with E-state index in [4.69, 9.17) is 4.98 Å². The van der Waals surface area contributed by atoms with E-state index in [1.807, 2.05) is 36.4 Å². The highest BCUT2D eigenvalue weighted by molar-refractivity contribution is 7.89. The molecule has 226 valence electrons. The molecule has 0 amide bonds. The van der Waals surface area contributed by atoms with Crippen LogP contribution in [0.25, 0.3) is 21.9 Å². The monoisotopic (exact) mass is 601 g/mol. The Morgan fingerprint density at radius 2 is 1.72 bits per heavy atom. The predicted molar refractivity (Wildman–Crippen MR) is 170 cm³/mol. The molecule has 0 saturated carbocycles. The van der Waals surface area contributed by atoms with Gasteiger partial charge in [0.2, 0.25) is 10.0 Å². The van der Waals surface area contributed by atoms with Gasteiger partial charge in [0.05, 0.1) is 0 Å². The van der Waals surface area contributed by atoms with Crippen molar-refractivity contribution in [2.45, 2.75) is 56.4 Å². The van der Waals surface area contributed by atoms with Crippen LogP contribution in [0.15, 0.2) is 78.0 Å². The molecule has 0 unspecified atom stereocenters. The van der Waals surface area contributed by atoms with Crippen molar-refractivity contribution in [2.24, 2.45) is 0 Å². The van der Waals surface area contributed by atoms with Gasteiger partial charge in [0.15, 0.2) is 0 Å². The molecule has 9 heteroatoms. The highest BCUT2D eigenvalue weighted by atomic mass is 32.2. The van der Waals surface area contributed by atoms with Gasteiger partial charge in [-0.1, -0.05) is 49.7 Å². The first-order valence-corrected chi connectivity index (χ1v) is 16.9. The lowest BCUT2D eigenvalue weighted by Crippen LogP contribution is -2.48. The maximum Gasteiger partial charge on any atom is 0.245 e. The third-order valence-electron chi connectivity index (χ3n) is 8.85. The molecular weight excluding hydrogens is 561 g/mol. The van der Waals surface area contributed by atoms with E-state index in [-0.39, 0.29) is 11.9 Å². The van der Waals surface area contributed by atoms with Crippen molar-refractivity contribution >= 4 is 26.6 Å². The number of aryl methyl sites for hydroxylation is 1. The predicted octanol–water partition coefficient (Wildman–Crippen LogP) is 6.14. The number of sulfonamides is 1. The summed E-state index contributed by atoms with van der Waals surface area (Å²) in [6, 6.07) is 18.5. The molecule has 4 aromatic rings. The lowest BCUT2D eigenvalue weighted by molar-refractivity contribution is 0.231. The number of anilines is 1. The van der Waals surface area contributed by atoms with Crippen molar-refractivity contribution in [1.29, 1.82) is 0 Å². The summed E-state index contributed by atoms with van der Waals surface area (Å²) in [5.41, 5.74) is 3.14. The summed E-state index contributed by atoms with van der Waals surface area (Å²) < 4.78 is 42.9. The van der Waals surface area contributed by atoms with Crippen LogP contribution in [-0.2, 0) is 16.4 Å². The lowest BCUT2D eigenvalue weighted by atomic mass is 10.0. The molecule has 0 N–H and O–H groups in total. The number of piperazine rings is 1. The van der Waals surface area contributed by atoms with Gasteiger partial charge < -0.3 is 4.90 Å². The molecule has 7 nitrogen and oxygen atoms in total. The number of hydrogen-bond acceptors (Lipinski definition) is 6. The van der Waals surface area contributed by atoms with Crippen molar-refractivity contribution in [3.8, 4) is 11.1 Å². The lowest BCUT2D eigenvalue weighted by Gasteiger charge is -2.36. The Kier molecular flexibility index (Phi) is 9.02. The Labute approximate surface area is 254 Å². The fourth-order valence-corrected chi connectivity index (χ4v) is 8.28.